The molecule has 1 atom stereocenters. The molecule has 0 saturated heterocycles. The smallest absolute Gasteiger partial charge is 0.0694 e. The molecule has 0 amide bonds. The molecule has 1 fully saturated rings. The van der Waals surface area contributed by atoms with E-state index in [1.807, 2.05) is 6.20 Å². The predicted octanol–water partition coefficient (Wildman–Crippen LogP) is 1.98. The Bertz CT molecular complexity index is 381. The number of ether oxygens (including phenoxy) is 1. The number of hydrogen-bond donors (Lipinski definition) is 2. The fourth-order valence-corrected chi connectivity index (χ4v) is 2.74. The molecule has 4 nitrogen and oxygen atoms in total. The van der Waals surface area contributed by atoms with Crippen LogP contribution >= 0.6 is 0 Å². The molecule has 1 aliphatic carbocycles. The maximum atomic E-state index is 5.68. The third-order valence-electron chi connectivity index (χ3n) is 4.30. The van der Waals surface area contributed by atoms with E-state index >= 15 is 0 Å². The lowest BCUT2D eigenvalue weighted by Gasteiger charge is -2.42. The highest BCUT2D eigenvalue weighted by molar-refractivity contribution is 5.15. The Hall–Kier alpha value is -0.970. The highest BCUT2D eigenvalue weighted by Gasteiger charge is 2.38. The van der Waals surface area contributed by atoms with Gasteiger partial charge in [-0.3, -0.25) is 16.3 Å². The van der Waals surface area contributed by atoms with Gasteiger partial charge in [0.2, 0.25) is 0 Å². The molecule has 1 aromatic rings. The van der Waals surface area contributed by atoms with Crippen LogP contribution in [-0.4, -0.2) is 23.7 Å². The summed E-state index contributed by atoms with van der Waals surface area (Å²) in [6, 6.07) is 4.47. The van der Waals surface area contributed by atoms with Crippen LogP contribution in [0.1, 0.15) is 43.9 Å². The Balaban J connectivity index is 1.94. The summed E-state index contributed by atoms with van der Waals surface area (Å²) >= 11 is 0. The summed E-state index contributed by atoms with van der Waals surface area (Å²) in [6.45, 7) is 2.14. The van der Waals surface area contributed by atoms with E-state index in [4.69, 9.17) is 10.6 Å². The highest BCUT2D eigenvalue weighted by Crippen LogP contribution is 2.39. The van der Waals surface area contributed by atoms with Gasteiger partial charge in [0.15, 0.2) is 0 Å². The van der Waals surface area contributed by atoms with E-state index in [1.54, 1.807) is 7.11 Å². The van der Waals surface area contributed by atoms with Crippen molar-refractivity contribution >= 4 is 0 Å². The molecular weight excluding hydrogens is 238 g/mol. The van der Waals surface area contributed by atoms with E-state index in [1.165, 1.54) is 12.0 Å². The number of nitrogens with zero attached hydrogens (tertiary/aromatic N) is 1. The summed E-state index contributed by atoms with van der Waals surface area (Å²) in [6.07, 6.45) is 8.34. The molecule has 1 aromatic heterocycles. The molecule has 1 aliphatic rings. The van der Waals surface area contributed by atoms with E-state index in [2.05, 4.69) is 29.5 Å². The molecule has 0 aliphatic heterocycles. The zero-order valence-corrected chi connectivity index (χ0v) is 12.0. The van der Waals surface area contributed by atoms with Gasteiger partial charge in [-0.05, 0) is 43.7 Å². The minimum Gasteiger partial charge on any atom is -0.378 e. The van der Waals surface area contributed by atoms with Crippen LogP contribution in [0.25, 0.3) is 0 Å². The molecule has 19 heavy (non-hydrogen) atoms. The number of aromatic nitrogens is 1. The third-order valence-corrected chi connectivity index (χ3v) is 4.30. The Morgan fingerprint density at radius 3 is 2.68 bits per heavy atom. The van der Waals surface area contributed by atoms with Crippen molar-refractivity contribution in [3.05, 3.63) is 29.6 Å². The predicted molar refractivity (Wildman–Crippen MR) is 76.6 cm³/mol. The number of pyridine rings is 1. The van der Waals surface area contributed by atoms with Crippen LogP contribution < -0.4 is 11.3 Å². The van der Waals surface area contributed by atoms with Gasteiger partial charge >= 0.3 is 0 Å². The second-order valence-electron chi connectivity index (χ2n) is 5.52. The largest absolute Gasteiger partial charge is 0.378 e. The summed E-state index contributed by atoms with van der Waals surface area (Å²) in [4.78, 5) is 4.50. The molecule has 0 spiro atoms. The minimum absolute atomic E-state index is 0.0421. The van der Waals surface area contributed by atoms with Gasteiger partial charge in [-0.25, -0.2) is 0 Å². The molecule has 1 unspecified atom stereocenters. The fourth-order valence-electron chi connectivity index (χ4n) is 2.74. The molecular formula is C15H25N3O. The average molecular weight is 263 g/mol. The maximum Gasteiger partial charge on any atom is 0.0694 e. The van der Waals surface area contributed by atoms with Gasteiger partial charge in [0.1, 0.15) is 0 Å². The van der Waals surface area contributed by atoms with Crippen molar-refractivity contribution in [3.63, 3.8) is 0 Å². The van der Waals surface area contributed by atoms with Crippen molar-refractivity contribution in [3.8, 4) is 0 Å². The second kappa shape index (κ2) is 6.46. The van der Waals surface area contributed by atoms with Crippen molar-refractivity contribution in [1.82, 2.24) is 10.4 Å². The monoisotopic (exact) mass is 263 g/mol. The first kappa shape index (κ1) is 14.4. The zero-order valence-electron chi connectivity index (χ0n) is 12.0. The lowest BCUT2D eigenvalue weighted by atomic mass is 9.75. The van der Waals surface area contributed by atoms with Gasteiger partial charge < -0.3 is 4.74 Å². The van der Waals surface area contributed by atoms with E-state index in [-0.39, 0.29) is 11.6 Å². The van der Waals surface area contributed by atoms with Crippen LogP contribution in [0.2, 0.25) is 0 Å². The minimum atomic E-state index is 0.0421. The van der Waals surface area contributed by atoms with Gasteiger partial charge in [0.25, 0.3) is 0 Å². The molecule has 106 valence electrons. The number of rotatable bonds is 7. The van der Waals surface area contributed by atoms with Crippen LogP contribution in [0, 0.1) is 0 Å². The van der Waals surface area contributed by atoms with Crippen molar-refractivity contribution in [2.45, 2.75) is 57.1 Å². The number of aryl methyl sites for hydroxylation is 1. The zero-order chi connectivity index (χ0) is 13.7. The quantitative estimate of drug-likeness (QED) is 0.583. The summed E-state index contributed by atoms with van der Waals surface area (Å²) in [5.74, 6) is 5.68. The first-order valence-electron chi connectivity index (χ1n) is 7.16. The topological polar surface area (TPSA) is 60.2 Å². The van der Waals surface area contributed by atoms with Crippen LogP contribution in [0.15, 0.2) is 18.3 Å². The van der Waals surface area contributed by atoms with Crippen LogP contribution in [0.5, 0.6) is 0 Å². The Kier molecular flexibility index (Phi) is 4.91. The lowest BCUT2D eigenvalue weighted by molar-refractivity contribution is -0.0834. The second-order valence-corrected chi connectivity index (χ2v) is 5.52. The first-order chi connectivity index (χ1) is 9.21. The summed E-state index contributed by atoms with van der Waals surface area (Å²) in [5, 5.41) is 0. The number of nitrogens with two attached hydrogens (primary N) is 1. The van der Waals surface area contributed by atoms with Crippen LogP contribution in [0.3, 0.4) is 0 Å². The summed E-state index contributed by atoms with van der Waals surface area (Å²) in [5.41, 5.74) is 5.32. The van der Waals surface area contributed by atoms with E-state index < -0.39 is 0 Å². The molecule has 3 N–H and O–H groups in total. The van der Waals surface area contributed by atoms with Crippen molar-refractivity contribution in [1.29, 1.82) is 0 Å². The standard InChI is InChI=1S/C15H25N3O/c1-3-12-5-6-13(17-11-12)9-14(18-16)10-15(19-2)7-4-8-15/h5-6,11,14,18H,3-4,7-10,16H2,1-2H3. The SMILES string of the molecule is CCc1ccc(CC(CC2(OC)CCC2)NN)nc1. The Morgan fingerprint density at radius 1 is 1.47 bits per heavy atom. The van der Waals surface area contributed by atoms with Gasteiger partial charge in [0.05, 0.1) is 5.60 Å². The number of hydrogen-bond acceptors (Lipinski definition) is 4. The van der Waals surface area contributed by atoms with Gasteiger partial charge in [-0.2, -0.15) is 0 Å². The fraction of sp³-hybridized carbons (Fsp3) is 0.667. The molecule has 0 radical (unpaired) electrons. The molecule has 0 aromatic carbocycles. The van der Waals surface area contributed by atoms with Gasteiger partial charge in [0, 0.05) is 31.5 Å². The van der Waals surface area contributed by atoms with Crippen LogP contribution in [0.4, 0.5) is 0 Å². The normalized spacial score (nSPS) is 18.9. The molecule has 1 saturated carbocycles. The van der Waals surface area contributed by atoms with Crippen LogP contribution in [-0.2, 0) is 17.6 Å². The lowest BCUT2D eigenvalue weighted by Crippen LogP contribution is -2.48. The van der Waals surface area contributed by atoms with E-state index in [0.29, 0.717) is 0 Å². The average Bonchev–Trinajstić information content (AvgIpc) is 2.42. The number of methoxy groups -OCH3 is 1. The third kappa shape index (κ3) is 3.53. The van der Waals surface area contributed by atoms with Crippen molar-refractivity contribution < 1.29 is 4.74 Å². The van der Waals surface area contributed by atoms with E-state index in [9.17, 15) is 0 Å². The van der Waals surface area contributed by atoms with Crippen molar-refractivity contribution in [2.24, 2.45) is 5.84 Å². The molecule has 0 bridgehead atoms. The summed E-state index contributed by atoms with van der Waals surface area (Å²) < 4.78 is 5.66. The molecule has 2 rings (SSSR count). The number of nitrogens with one attached hydrogen (secondary N) is 1. The highest BCUT2D eigenvalue weighted by atomic mass is 16.5. The Morgan fingerprint density at radius 2 is 2.26 bits per heavy atom. The van der Waals surface area contributed by atoms with Crippen molar-refractivity contribution in [2.75, 3.05) is 7.11 Å². The van der Waals surface area contributed by atoms with Gasteiger partial charge in [-0.1, -0.05) is 13.0 Å². The van der Waals surface area contributed by atoms with Gasteiger partial charge in [-0.15, -0.1) is 0 Å². The Labute approximate surface area is 115 Å². The molecule has 1 heterocycles. The first-order valence-corrected chi connectivity index (χ1v) is 7.16. The number of hydrazine groups is 1. The molecule has 4 heteroatoms. The summed E-state index contributed by atoms with van der Waals surface area (Å²) in [7, 11) is 1.81. The maximum absolute atomic E-state index is 5.68. The van der Waals surface area contributed by atoms with E-state index in [0.717, 1.165) is 37.8 Å².